The van der Waals surface area contributed by atoms with Crippen LogP contribution in [0.1, 0.15) is 101 Å². The molecule has 12 rings (SSSR count). The number of piperazine rings is 1. The molecule has 5 aromatic heterocycles. The number of halogens is 4. The number of thiazole rings is 1. The van der Waals surface area contributed by atoms with Crippen LogP contribution in [-0.4, -0.2) is 170 Å². The van der Waals surface area contributed by atoms with Gasteiger partial charge in [0, 0.05) is 76.0 Å². The first-order valence-electron chi connectivity index (χ1n) is 30.3. The molecule has 1 saturated carbocycles. The highest BCUT2D eigenvalue weighted by Gasteiger charge is 2.47. The normalized spacial score (nSPS) is 20.6. The van der Waals surface area contributed by atoms with E-state index in [4.69, 9.17) is 9.72 Å². The second-order valence-corrected chi connectivity index (χ2v) is 26.0. The molecule has 25 heteroatoms. The number of piperidine rings is 1. The number of alkyl halides is 2. The van der Waals surface area contributed by atoms with Crippen LogP contribution in [0.25, 0.3) is 54.8 Å². The Morgan fingerprint density at radius 3 is 2.37 bits per heavy atom. The van der Waals surface area contributed by atoms with Crippen molar-refractivity contribution in [1.29, 1.82) is 0 Å². The first kappa shape index (κ1) is 61.4. The van der Waals surface area contributed by atoms with Crippen molar-refractivity contribution in [3.05, 3.63) is 113 Å². The summed E-state index contributed by atoms with van der Waals surface area (Å²) in [5, 5.41) is 45.5. The van der Waals surface area contributed by atoms with Gasteiger partial charge in [-0.1, -0.05) is 56.3 Å². The summed E-state index contributed by atoms with van der Waals surface area (Å²) in [4.78, 5) is 63.3. The fourth-order valence-electron chi connectivity index (χ4n) is 12.9. The van der Waals surface area contributed by atoms with Crippen LogP contribution in [0.2, 0.25) is 0 Å². The van der Waals surface area contributed by atoms with Gasteiger partial charge in [0.1, 0.15) is 57.8 Å². The molecule has 3 aliphatic heterocycles. The van der Waals surface area contributed by atoms with Gasteiger partial charge in [0.2, 0.25) is 11.8 Å². The van der Waals surface area contributed by atoms with E-state index in [2.05, 4.69) is 45.4 Å². The Balaban J connectivity index is 0.668. The quantitative estimate of drug-likeness (QED) is 0.0553. The Labute approximate surface area is 516 Å². The van der Waals surface area contributed by atoms with Gasteiger partial charge in [-0.2, -0.15) is 18.7 Å². The standard InChI is InChI=1S/C64H72F4N14O6S/c1-7-44-47(65)14-13-41-23-42(83)24-45(52(41)44)54-53(66)55-46(26-71-54)58(80-18-8-15-62(6,87)31-80)75-61(74-55)88-34-63(16-17-63)32-78-19-21-79(22-20-78)33-64(67,68)51-28-69-48(27-70-51)49-30-82(77-76-49)56(36(2)3)60(86)81-29-43(84)25-50(81)59(85)73-37(4)39-9-11-40(12-10-39)57-38(5)72-35-89-57/h9-14,23-24,26-28,30,35-37,43,50,56,83-84,87H,7-8,15-22,25,29,31-34H2,1-6H3,(H,73,85)/t37-,43+,50-,56-,62+/m0/s1. The number of anilines is 1. The minimum Gasteiger partial charge on any atom is -0.508 e. The highest BCUT2D eigenvalue weighted by atomic mass is 32.1. The zero-order valence-corrected chi connectivity index (χ0v) is 51.3. The Hall–Kier alpha value is -7.84. The van der Waals surface area contributed by atoms with Crippen molar-refractivity contribution in [1.82, 2.24) is 64.9 Å². The molecule has 468 valence electrons. The van der Waals surface area contributed by atoms with Gasteiger partial charge in [0.15, 0.2) is 5.82 Å². The summed E-state index contributed by atoms with van der Waals surface area (Å²) in [6.45, 7) is 13.8. The second kappa shape index (κ2) is 24.5. The molecular formula is C64H72F4N14O6S. The van der Waals surface area contributed by atoms with Gasteiger partial charge in [-0.25, -0.2) is 18.4 Å². The van der Waals surface area contributed by atoms with Crippen LogP contribution in [0, 0.1) is 29.9 Å². The number of hydrogen-bond donors (Lipinski definition) is 4. The van der Waals surface area contributed by atoms with Gasteiger partial charge in [0.25, 0.3) is 0 Å². The maximum atomic E-state index is 17.2. The number of rotatable bonds is 19. The highest BCUT2D eigenvalue weighted by molar-refractivity contribution is 7.13. The number of ether oxygens (including phenoxy) is 1. The molecule has 1 aliphatic carbocycles. The van der Waals surface area contributed by atoms with E-state index in [1.807, 2.05) is 56.9 Å². The second-order valence-electron chi connectivity index (χ2n) is 25.1. The lowest BCUT2D eigenvalue weighted by molar-refractivity contribution is -0.142. The number of phenols is 1. The summed E-state index contributed by atoms with van der Waals surface area (Å²) in [6.07, 6.45) is 7.56. The number of nitrogens with zero attached hydrogens (tertiary/aromatic N) is 13. The van der Waals surface area contributed by atoms with E-state index >= 15 is 17.6 Å². The van der Waals surface area contributed by atoms with Gasteiger partial charge in [-0.15, -0.1) is 16.4 Å². The lowest BCUT2D eigenvalue weighted by atomic mass is 9.94. The maximum absolute atomic E-state index is 17.2. The number of carbonyl (C=O) groups is 2. The average molecular weight is 1240 g/mol. The van der Waals surface area contributed by atoms with Gasteiger partial charge < -0.3 is 40.1 Å². The summed E-state index contributed by atoms with van der Waals surface area (Å²) in [5.74, 6) is -5.56. The molecule has 20 nitrogen and oxygen atoms in total. The van der Waals surface area contributed by atoms with Crippen LogP contribution in [0.3, 0.4) is 0 Å². The van der Waals surface area contributed by atoms with Gasteiger partial charge in [-0.3, -0.25) is 29.4 Å². The molecule has 4 aliphatic rings. The molecular weight excluding hydrogens is 1170 g/mol. The number of aliphatic hydroxyl groups excluding tert-OH is 1. The number of nitrogens with one attached hydrogen (secondary N) is 1. The Morgan fingerprint density at radius 2 is 1.69 bits per heavy atom. The first-order valence-corrected chi connectivity index (χ1v) is 31.2. The SMILES string of the molecule is CCc1c(F)ccc2cc(O)cc(-c3ncc4c(N5CCC[C@@](C)(O)C5)nc(OCC5(CN6CCN(CC(F)(F)c7cnc(-c8cn([C@H](C(=O)N9C[C@H](O)C[C@H]9C(=O)N[C@@H](C)c9ccc(-c%10scnc%10C)cc9)C(C)C)nn8)cn7)CC6)CC5)nc4c3F)c12. The number of likely N-dealkylation sites (tertiary alicyclic amines) is 1. The summed E-state index contributed by atoms with van der Waals surface area (Å²) < 4.78 is 72.3. The van der Waals surface area contributed by atoms with Crippen molar-refractivity contribution >= 4 is 50.6 Å². The van der Waals surface area contributed by atoms with Crippen molar-refractivity contribution in [3.63, 3.8) is 0 Å². The first-order chi connectivity index (χ1) is 42.6. The van der Waals surface area contributed by atoms with Gasteiger partial charge >= 0.3 is 11.9 Å². The Kier molecular flexibility index (Phi) is 16.9. The third-order valence-corrected chi connectivity index (χ3v) is 18.9. The number of phenolic OH excluding ortho intramolecular Hbond substituents is 1. The molecule has 5 atom stereocenters. The predicted molar refractivity (Wildman–Crippen MR) is 327 cm³/mol. The summed E-state index contributed by atoms with van der Waals surface area (Å²) in [7, 11) is 0. The number of aromatic hydroxyl groups is 1. The molecule has 0 radical (unpaired) electrons. The van der Waals surface area contributed by atoms with E-state index in [9.17, 15) is 24.9 Å². The fraction of sp³-hybridized carbons (Fsp3) is 0.469. The van der Waals surface area contributed by atoms with Crippen molar-refractivity contribution < 1.29 is 47.2 Å². The number of β-amino-alcohol motifs (C(OH)–C–C–N with tert-alkyl or cyclic N) is 2. The number of pyridine rings is 1. The van der Waals surface area contributed by atoms with Gasteiger partial charge in [-0.05, 0) is 104 Å². The molecule has 2 amide bonds. The monoisotopic (exact) mass is 1240 g/mol. The molecule has 4 fully saturated rings. The Morgan fingerprint density at radius 1 is 0.921 bits per heavy atom. The molecule has 3 saturated heterocycles. The zero-order chi connectivity index (χ0) is 62.7. The number of hydrogen-bond acceptors (Lipinski definition) is 18. The van der Waals surface area contributed by atoms with Crippen LogP contribution in [0.5, 0.6) is 11.8 Å². The summed E-state index contributed by atoms with van der Waals surface area (Å²) >= 11 is 1.56. The smallest absolute Gasteiger partial charge is 0.319 e. The average Bonchev–Trinajstić information content (AvgIpc) is 1.61. The number of carbonyl (C=O) groups excluding carboxylic acids is 2. The summed E-state index contributed by atoms with van der Waals surface area (Å²) in [5.41, 5.74) is 3.54. The van der Waals surface area contributed by atoms with Crippen LogP contribution >= 0.6 is 11.3 Å². The zero-order valence-electron chi connectivity index (χ0n) is 50.5. The van der Waals surface area contributed by atoms with E-state index in [0.717, 1.165) is 40.7 Å². The molecule has 0 spiro atoms. The van der Waals surface area contributed by atoms with E-state index < -0.39 is 65.4 Å². The molecule has 0 unspecified atom stereocenters. The summed E-state index contributed by atoms with van der Waals surface area (Å²) in [6, 6.07) is 11.3. The van der Waals surface area contributed by atoms with Gasteiger partial charge in [0.05, 0.1) is 71.0 Å². The minimum absolute atomic E-state index is 0.0504. The van der Waals surface area contributed by atoms with Crippen LogP contribution in [-0.2, 0) is 21.9 Å². The molecule has 8 heterocycles. The predicted octanol–water partition coefficient (Wildman–Crippen LogP) is 8.83. The fourth-order valence-corrected chi connectivity index (χ4v) is 13.7. The number of aryl methyl sites for hydroxylation is 2. The van der Waals surface area contributed by atoms with Crippen LogP contribution in [0.15, 0.2) is 78.8 Å². The Bertz CT molecular complexity index is 3930. The van der Waals surface area contributed by atoms with E-state index in [-0.39, 0.29) is 83.4 Å². The van der Waals surface area contributed by atoms with E-state index in [1.165, 1.54) is 52.4 Å². The van der Waals surface area contributed by atoms with Crippen molar-refractivity contribution in [3.8, 4) is 44.8 Å². The van der Waals surface area contributed by atoms with Crippen molar-refractivity contribution in [2.45, 2.75) is 116 Å². The number of benzene rings is 3. The highest BCUT2D eigenvalue weighted by Crippen LogP contribution is 2.47. The number of aliphatic hydroxyl groups is 2. The minimum atomic E-state index is -3.36. The topological polar surface area (TPSA) is 237 Å². The third kappa shape index (κ3) is 12.7. The molecule has 3 aromatic carbocycles. The van der Waals surface area contributed by atoms with Crippen molar-refractivity contribution in [2.75, 3.05) is 70.4 Å². The molecule has 4 N–H and O–H groups in total. The van der Waals surface area contributed by atoms with E-state index in [0.29, 0.717) is 86.1 Å². The van der Waals surface area contributed by atoms with Crippen molar-refractivity contribution in [2.24, 2.45) is 11.3 Å². The molecule has 8 aromatic rings. The third-order valence-electron chi connectivity index (χ3n) is 17.9. The number of fused-ring (bicyclic) bond motifs is 2. The van der Waals surface area contributed by atoms with E-state index in [1.54, 1.807) is 35.6 Å². The largest absolute Gasteiger partial charge is 0.508 e. The maximum Gasteiger partial charge on any atom is 0.319 e. The molecule has 0 bridgehead atoms. The number of aromatic nitrogens is 9. The lowest BCUT2D eigenvalue weighted by Gasteiger charge is -2.38. The molecule has 89 heavy (non-hydrogen) atoms. The van der Waals surface area contributed by atoms with Crippen LogP contribution in [0.4, 0.5) is 23.4 Å². The van der Waals surface area contributed by atoms with Crippen LogP contribution < -0.4 is 15.0 Å². The number of amides is 2. The lowest BCUT2D eigenvalue weighted by Crippen LogP contribution is -2.51.